The Hall–Kier alpha value is -1.06. The van der Waals surface area contributed by atoms with Crippen molar-refractivity contribution in [1.82, 2.24) is 0 Å². The van der Waals surface area contributed by atoms with Gasteiger partial charge in [-0.1, -0.05) is 31.9 Å². The van der Waals surface area contributed by atoms with Gasteiger partial charge in [-0.05, 0) is 49.5 Å². The summed E-state index contributed by atoms with van der Waals surface area (Å²) in [6.07, 6.45) is 4.53. The van der Waals surface area contributed by atoms with Crippen LogP contribution in [0.1, 0.15) is 31.7 Å². The monoisotopic (exact) mass is 250 g/mol. The number of unbranched alkanes of at least 4 members (excludes halogenated alkanes) is 2. The molecule has 0 aliphatic heterocycles. The molecule has 0 fully saturated rings. The first-order chi connectivity index (χ1) is 8.80. The Bertz CT molecular complexity index is 307. The molecule has 102 valence electrons. The molecule has 1 aromatic rings. The van der Waals surface area contributed by atoms with Crippen molar-refractivity contribution in [3.05, 3.63) is 29.8 Å². The minimum absolute atomic E-state index is 0.376. The maximum absolute atomic E-state index is 5.67. The first kappa shape index (κ1) is 15.0. The summed E-state index contributed by atoms with van der Waals surface area (Å²) in [4.78, 5) is 0. The molecule has 3 nitrogen and oxygen atoms in total. The third kappa shape index (κ3) is 5.52. The zero-order valence-electron chi connectivity index (χ0n) is 11.4. The van der Waals surface area contributed by atoms with Crippen LogP contribution < -0.4 is 16.2 Å². The maximum Gasteiger partial charge on any atom is 0.119 e. The Morgan fingerprint density at radius 3 is 2.28 bits per heavy atom. The Morgan fingerprint density at radius 1 is 1.06 bits per heavy atom. The summed E-state index contributed by atoms with van der Waals surface area (Å²) < 4.78 is 5.67. The van der Waals surface area contributed by atoms with Crippen molar-refractivity contribution in [2.75, 3.05) is 19.7 Å². The quantitative estimate of drug-likeness (QED) is 0.661. The van der Waals surface area contributed by atoms with Crippen molar-refractivity contribution in [3.8, 4) is 5.75 Å². The minimum atomic E-state index is 0.376. The third-order valence-corrected chi connectivity index (χ3v) is 3.13. The lowest BCUT2D eigenvalue weighted by molar-refractivity contribution is 0.306. The van der Waals surface area contributed by atoms with Gasteiger partial charge >= 0.3 is 0 Å². The fourth-order valence-corrected chi connectivity index (χ4v) is 1.86. The van der Waals surface area contributed by atoms with E-state index in [9.17, 15) is 0 Å². The summed E-state index contributed by atoms with van der Waals surface area (Å²) in [6, 6.07) is 8.28. The molecule has 0 radical (unpaired) electrons. The zero-order valence-corrected chi connectivity index (χ0v) is 11.4. The molecule has 0 spiro atoms. The molecule has 0 aliphatic rings. The smallest absolute Gasteiger partial charge is 0.119 e. The summed E-state index contributed by atoms with van der Waals surface area (Å²) in [6.45, 7) is 4.29. The van der Waals surface area contributed by atoms with E-state index in [0.717, 1.165) is 25.2 Å². The molecule has 18 heavy (non-hydrogen) atoms. The molecule has 0 atom stereocenters. The highest BCUT2D eigenvalue weighted by atomic mass is 16.5. The van der Waals surface area contributed by atoms with Crippen molar-refractivity contribution in [2.24, 2.45) is 17.4 Å². The van der Waals surface area contributed by atoms with E-state index in [1.807, 2.05) is 12.1 Å². The van der Waals surface area contributed by atoms with Crippen molar-refractivity contribution in [1.29, 1.82) is 0 Å². The Balaban J connectivity index is 2.37. The molecular formula is C15H26N2O. The van der Waals surface area contributed by atoms with Gasteiger partial charge in [0.05, 0.1) is 6.61 Å². The highest BCUT2D eigenvalue weighted by Crippen LogP contribution is 2.15. The lowest BCUT2D eigenvalue weighted by Gasteiger charge is -2.12. The molecule has 0 aliphatic carbocycles. The number of benzene rings is 1. The first-order valence-electron chi connectivity index (χ1n) is 6.92. The average Bonchev–Trinajstić information content (AvgIpc) is 2.42. The number of hydrogen-bond acceptors (Lipinski definition) is 3. The lowest BCUT2D eigenvalue weighted by atomic mass is 10.00. The van der Waals surface area contributed by atoms with Crippen LogP contribution >= 0.6 is 0 Å². The Morgan fingerprint density at radius 2 is 1.72 bits per heavy atom. The number of ether oxygens (including phenoxy) is 1. The van der Waals surface area contributed by atoms with Crippen LogP contribution in [0.3, 0.4) is 0 Å². The molecule has 0 heterocycles. The molecule has 0 bridgehead atoms. The Kier molecular flexibility index (Phi) is 7.46. The van der Waals surface area contributed by atoms with Crippen molar-refractivity contribution >= 4 is 0 Å². The van der Waals surface area contributed by atoms with E-state index in [0.29, 0.717) is 19.0 Å². The van der Waals surface area contributed by atoms with E-state index < -0.39 is 0 Å². The van der Waals surface area contributed by atoms with E-state index in [2.05, 4.69) is 19.1 Å². The Labute approximate surface area is 111 Å². The predicted molar refractivity (Wildman–Crippen MR) is 76.8 cm³/mol. The molecule has 3 heteroatoms. The molecule has 1 aromatic carbocycles. The second-order valence-corrected chi connectivity index (χ2v) is 4.74. The van der Waals surface area contributed by atoms with Gasteiger partial charge in [0.1, 0.15) is 5.75 Å². The van der Waals surface area contributed by atoms with Crippen LogP contribution in [0.5, 0.6) is 5.75 Å². The number of hydrogen-bond donors (Lipinski definition) is 2. The fourth-order valence-electron chi connectivity index (χ4n) is 1.86. The largest absolute Gasteiger partial charge is 0.494 e. The first-order valence-corrected chi connectivity index (χ1v) is 6.92. The van der Waals surface area contributed by atoms with Crippen LogP contribution in [0, 0.1) is 5.92 Å². The molecule has 0 amide bonds. The van der Waals surface area contributed by atoms with Crippen LogP contribution in [-0.4, -0.2) is 19.7 Å². The summed E-state index contributed by atoms with van der Waals surface area (Å²) >= 11 is 0. The SMILES string of the molecule is CCCCCOc1ccc(CC(CN)CN)cc1. The predicted octanol–water partition coefficient (Wildman–Crippen LogP) is 2.33. The number of rotatable bonds is 9. The van der Waals surface area contributed by atoms with Crippen molar-refractivity contribution < 1.29 is 4.74 Å². The summed E-state index contributed by atoms with van der Waals surface area (Å²) in [5.74, 6) is 1.33. The molecule has 1 rings (SSSR count). The highest BCUT2D eigenvalue weighted by Gasteiger charge is 2.05. The second kappa shape index (κ2) is 8.95. The van der Waals surface area contributed by atoms with E-state index in [-0.39, 0.29) is 0 Å². The van der Waals surface area contributed by atoms with Gasteiger partial charge < -0.3 is 16.2 Å². The average molecular weight is 250 g/mol. The van der Waals surface area contributed by atoms with Gasteiger partial charge in [-0.25, -0.2) is 0 Å². The second-order valence-electron chi connectivity index (χ2n) is 4.74. The lowest BCUT2D eigenvalue weighted by Crippen LogP contribution is -2.25. The molecule has 0 aromatic heterocycles. The van der Waals surface area contributed by atoms with Crippen LogP contribution in [0.4, 0.5) is 0 Å². The summed E-state index contributed by atoms with van der Waals surface area (Å²) in [5, 5.41) is 0. The van der Waals surface area contributed by atoms with E-state index in [4.69, 9.17) is 16.2 Å². The van der Waals surface area contributed by atoms with Gasteiger partial charge in [-0.2, -0.15) is 0 Å². The number of nitrogens with two attached hydrogens (primary N) is 2. The zero-order chi connectivity index (χ0) is 13.2. The highest BCUT2D eigenvalue weighted by molar-refractivity contribution is 5.27. The minimum Gasteiger partial charge on any atom is -0.494 e. The third-order valence-electron chi connectivity index (χ3n) is 3.13. The topological polar surface area (TPSA) is 61.3 Å². The van der Waals surface area contributed by atoms with Crippen LogP contribution in [0.25, 0.3) is 0 Å². The summed E-state index contributed by atoms with van der Waals surface area (Å²) in [5.41, 5.74) is 12.6. The van der Waals surface area contributed by atoms with Crippen molar-refractivity contribution in [3.63, 3.8) is 0 Å². The van der Waals surface area contributed by atoms with Gasteiger partial charge in [0, 0.05) is 0 Å². The van der Waals surface area contributed by atoms with Gasteiger partial charge in [0.15, 0.2) is 0 Å². The van der Waals surface area contributed by atoms with Gasteiger partial charge in [-0.3, -0.25) is 0 Å². The van der Waals surface area contributed by atoms with Crippen LogP contribution in [0.2, 0.25) is 0 Å². The normalized spacial score (nSPS) is 10.9. The van der Waals surface area contributed by atoms with E-state index in [1.165, 1.54) is 18.4 Å². The molecule has 0 saturated heterocycles. The van der Waals surface area contributed by atoms with E-state index in [1.54, 1.807) is 0 Å². The molecule has 4 N–H and O–H groups in total. The maximum atomic E-state index is 5.67. The van der Waals surface area contributed by atoms with Crippen molar-refractivity contribution in [2.45, 2.75) is 32.6 Å². The van der Waals surface area contributed by atoms with Gasteiger partial charge in [-0.15, -0.1) is 0 Å². The molecule has 0 unspecified atom stereocenters. The van der Waals surface area contributed by atoms with E-state index >= 15 is 0 Å². The van der Waals surface area contributed by atoms with Crippen LogP contribution in [-0.2, 0) is 6.42 Å². The fraction of sp³-hybridized carbons (Fsp3) is 0.600. The van der Waals surface area contributed by atoms with Gasteiger partial charge in [0.25, 0.3) is 0 Å². The molecular weight excluding hydrogens is 224 g/mol. The molecule has 0 saturated carbocycles. The van der Waals surface area contributed by atoms with Gasteiger partial charge in [0.2, 0.25) is 0 Å². The summed E-state index contributed by atoms with van der Waals surface area (Å²) in [7, 11) is 0. The standard InChI is InChI=1S/C15H26N2O/c1-2-3-4-9-18-15-7-5-13(6-8-15)10-14(11-16)12-17/h5-8,14H,2-4,9-12,16-17H2,1H3. The van der Waals surface area contributed by atoms with Crippen LogP contribution in [0.15, 0.2) is 24.3 Å².